The normalized spacial score (nSPS) is 33.0. The Balaban J connectivity index is 2.19. The average molecular weight is 193 g/mol. The molecule has 2 atom stereocenters. The summed E-state index contributed by atoms with van der Waals surface area (Å²) in [5.41, 5.74) is 0.134. The summed E-state index contributed by atoms with van der Waals surface area (Å²) in [6.45, 7) is 5.63. The van der Waals surface area contributed by atoms with Crippen LogP contribution in [0.2, 0.25) is 0 Å². The summed E-state index contributed by atoms with van der Waals surface area (Å²) < 4.78 is 10.5. The molecule has 0 aromatic carbocycles. The van der Waals surface area contributed by atoms with Crippen molar-refractivity contribution in [3.63, 3.8) is 0 Å². The summed E-state index contributed by atoms with van der Waals surface area (Å²) in [6.07, 6.45) is 1.29. The van der Waals surface area contributed by atoms with Crippen LogP contribution < -0.4 is 0 Å². The molecule has 72 valence electrons. The molecule has 0 bridgehead atoms. The average Bonchev–Trinajstić information content (AvgIpc) is 2.04. The fourth-order valence-corrected chi connectivity index (χ4v) is 1.70. The number of halogens is 1. The zero-order valence-electron chi connectivity index (χ0n) is 7.97. The minimum absolute atomic E-state index is 0.134. The third kappa shape index (κ3) is 1.93. The van der Waals surface area contributed by atoms with Crippen LogP contribution in [0, 0.1) is 5.41 Å². The Morgan fingerprint density at radius 1 is 1.42 bits per heavy atom. The van der Waals surface area contributed by atoms with Gasteiger partial charge in [0.25, 0.3) is 0 Å². The van der Waals surface area contributed by atoms with Crippen molar-refractivity contribution in [1.82, 2.24) is 0 Å². The van der Waals surface area contributed by atoms with Crippen molar-refractivity contribution >= 4 is 11.6 Å². The molecule has 0 heterocycles. The van der Waals surface area contributed by atoms with E-state index in [0.29, 0.717) is 19.3 Å². The van der Waals surface area contributed by atoms with Gasteiger partial charge < -0.3 is 9.47 Å². The highest BCUT2D eigenvalue weighted by Gasteiger charge is 2.47. The molecule has 0 N–H and O–H groups in total. The van der Waals surface area contributed by atoms with Gasteiger partial charge in [0.2, 0.25) is 0 Å². The Morgan fingerprint density at radius 2 is 2.08 bits per heavy atom. The molecule has 0 amide bonds. The summed E-state index contributed by atoms with van der Waals surface area (Å²) in [5.74, 6) is 0. The van der Waals surface area contributed by atoms with Gasteiger partial charge in [-0.2, -0.15) is 0 Å². The molecule has 0 aromatic rings. The molecule has 2 nitrogen and oxygen atoms in total. The van der Waals surface area contributed by atoms with Crippen molar-refractivity contribution < 1.29 is 9.47 Å². The Hall–Kier alpha value is 0.210. The van der Waals surface area contributed by atoms with E-state index in [1.165, 1.54) is 0 Å². The molecule has 0 aromatic heterocycles. The fraction of sp³-hybridized carbons (Fsp3) is 1.00. The van der Waals surface area contributed by atoms with Gasteiger partial charge in [0.1, 0.15) is 0 Å². The fourth-order valence-electron chi connectivity index (χ4n) is 1.39. The molecule has 1 saturated carbocycles. The lowest BCUT2D eigenvalue weighted by Crippen LogP contribution is -2.52. The maximum Gasteiger partial charge on any atom is 0.0704 e. The highest BCUT2D eigenvalue weighted by atomic mass is 35.5. The largest absolute Gasteiger partial charge is 0.382 e. The first-order valence-electron chi connectivity index (χ1n) is 4.33. The summed E-state index contributed by atoms with van der Waals surface area (Å²) in [5, 5.41) is 0.269. The lowest BCUT2D eigenvalue weighted by Gasteiger charge is -2.48. The topological polar surface area (TPSA) is 18.5 Å². The highest BCUT2D eigenvalue weighted by molar-refractivity contribution is 6.21. The SMILES string of the molecule is COCCOC1CC(Cl)C1(C)C. The van der Waals surface area contributed by atoms with E-state index in [1.807, 2.05) is 0 Å². The van der Waals surface area contributed by atoms with Crippen LogP contribution in [0.15, 0.2) is 0 Å². The molecule has 1 rings (SSSR count). The molecule has 3 heteroatoms. The maximum atomic E-state index is 6.04. The van der Waals surface area contributed by atoms with Crippen LogP contribution in [0.1, 0.15) is 20.3 Å². The van der Waals surface area contributed by atoms with Gasteiger partial charge in [0.15, 0.2) is 0 Å². The van der Waals surface area contributed by atoms with Crippen molar-refractivity contribution in [2.75, 3.05) is 20.3 Å². The van der Waals surface area contributed by atoms with E-state index in [4.69, 9.17) is 21.1 Å². The van der Waals surface area contributed by atoms with Crippen LogP contribution in [0.5, 0.6) is 0 Å². The van der Waals surface area contributed by atoms with Gasteiger partial charge in [-0.25, -0.2) is 0 Å². The van der Waals surface area contributed by atoms with Crippen LogP contribution in [-0.4, -0.2) is 31.8 Å². The van der Waals surface area contributed by atoms with E-state index >= 15 is 0 Å². The number of alkyl halides is 1. The predicted octanol–water partition coefficient (Wildman–Crippen LogP) is 2.06. The Bertz CT molecular complexity index is 147. The van der Waals surface area contributed by atoms with Gasteiger partial charge in [0, 0.05) is 17.9 Å². The Kier molecular flexibility index (Phi) is 3.38. The minimum Gasteiger partial charge on any atom is -0.382 e. The first-order chi connectivity index (χ1) is 5.59. The second-order valence-corrected chi connectivity index (χ2v) is 4.40. The van der Waals surface area contributed by atoms with E-state index in [0.717, 1.165) is 6.42 Å². The molecule has 12 heavy (non-hydrogen) atoms. The molecule has 0 radical (unpaired) electrons. The highest BCUT2D eigenvalue weighted by Crippen LogP contribution is 2.46. The first-order valence-corrected chi connectivity index (χ1v) is 4.77. The van der Waals surface area contributed by atoms with Gasteiger partial charge >= 0.3 is 0 Å². The lowest BCUT2D eigenvalue weighted by atomic mass is 9.68. The maximum absolute atomic E-state index is 6.04. The van der Waals surface area contributed by atoms with Crippen molar-refractivity contribution in [2.45, 2.75) is 31.7 Å². The number of hydrogen-bond acceptors (Lipinski definition) is 2. The Labute approximate surface area is 79.2 Å². The lowest BCUT2D eigenvalue weighted by molar-refractivity contribution is -0.0986. The third-order valence-electron chi connectivity index (χ3n) is 2.66. The molecule has 1 aliphatic rings. The first kappa shape index (κ1) is 10.3. The van der Waals surface area contributed by atoms with Crippen molar-refractivity contribution in [3.05, 3.63) is 0 Å². The zero-order chi connectivity index (χ0) is 9.19. The summed E-state index contributed by atoms with van der Waals surface area (Å²) in [7, 11) is 1.68. The number of ether oxygens (including phenoxy) is 2. The molecule has 0 aliphatic heterocycles. The van der Waals surface area contributed by atoms with Crippen LogP contribution in [0.25, 0.3) is 0 Å². The molecule has 1 fully saturated rings. The minimum atomic E-state index is 0.134. The predicted molar refractivity (Wildman–Crippen MR) is 49.7 cm³/mol. The molecule has 0 saturated heterocycles. The molecule has 2 unspecified atom stereocenters. The van der Waals surface area contributed by atoms with Gasteiger partial charge in [-0.1, -0.05) is 13.8 Å². The number of hydrogen-bond donors (Lipinski definition) is 0. The van der Waals surface area contributed by atoms with E-state index < -0.39 is 0 Å². The molecule has 1 aliphatic carbocycles. The third-order valence-corrected chi connectivity index (χ3v) is 3.41. The van der Waals surface area contributed by atoms with E-state index in [9.17, 15) is 0 Å². The smallest absolute Gasteiger partial charge is 0.0704 e. The summed E-state index contributed by atoms with van der Waals surface area (Å²) in [6, 6.07) is 0. The standard InChI is InChI=1S/C9H17ClO2/c1-9(2)7(10)6-8(9)12-5-4-11-3/h7-8H,4-6H2,1-3H3. The molecular formula is C9H17ClO2. The monoisotopic (exact) mass is 192 g/mol. The van der Waals surface area contributed by atoms with Crippen LogP contribution in [0.4, 0.5) is 0 Å². The van der Waals surface area contributed by atoms with Crippen molar-refractivity contribution in [2.24, 2.45) is 5.41 Å². The van der Waals surface area contributed by atoms with E-state index in [-0.39, 0.29) is 10.8 Å². The van der Waals surface area contributed by atoms with Gasteiger partial charge in [-0.05, 0) is 6.42 Å². The van der Waals surface area contributed by atoms with Crippen molar-refractivity contribution in [1.29, 1.82) is 0 Å². The summed E-state index contributed by atoms with van der Waals surface area (Å²) >= 11 is 6.04. The van der Waals surface area contributed by atoms with Gasteiger partial charge in [-0.3, -0.25) is 0 Å². The number of rotatable bonds is 4. The summed E-state index contributed by atoms with van der Waals surface area (Å²) in [4.78, 5) is 0. The Morgan fingerprint density at radius 3 is 2.50 bits per heavy atom. The second-order valence-electron chi connectivity index (χ2n) is 3.88. The van der Waals surface area contributed by atoms with Crippen molar-refractivity contribution in [3.8, 4) is 0 Å². The molecular weight excluding hydrogens is 176 g/mol. The zero-order valence-corrected chi connectivity index (χ0v) is 8.73. The van der Waals surface area contributed by atoms with E-state index in [1.54, 1.807) is 7.11 Å². The van der Waals surface area contributed by atoms with Crippen LogP contribution in [0.3, 0.4) is 0 Å². The molecule has 0 spiro atoms. The quantitative estimate of drug-likeness (QED) is 0.502. The number of methoxy groups -OCH3 is 1. The van der Waals surface area contributed by atoms with Gasteiger partial charge in [-0.15, -0.1) is 11.6 Å². The second kappa shape index (κ2) is 3.95. The van der Waals surface area contributed by atoms with Crippen LogP contribution >= 0.6 is 11.6 Å². The van der Waals surface area contributed by atoms with E-state index in [2.05, 4.69) is 13.8 Å². The van der Waals surface area contributed by atoms with Crippen LogP contribution in [-0.2, 0) is 9.47 Å². The van der Waals surface area contributed by atoms with Gasteiger partial charge in [0.05, 0.1) is 19.3 Å².